The van der Waals surface area contributed by atoms with E-state index in [0.29, 0.717) is 10.1 Å². The van der Waals surface area contributed by atoms with Crippen LogP contribution >= 0.6 is 7.82 Å². The summed E-state index contributed by atoms with van der Waals surface area (Å²) in [6, 6.07) is 7.20. The summed E-state index contributed by atoms with van der Waals surface area (Å²) >= 11 is 0. The fraction of sp³-hybridized carbons (Fsp3) is 0.412. The number of phosphoric ester groups is 1. The molecule has 10 nitrogen and oxygen atoms in total. The van der Waals surface area contributed by atoms with Crippen LogP contribution in [0.3, 0.4) is 0 Å². The van der Waals surface area contributed by atoms with E-state index < -0.39 is 56.2 Å². The summed E-state index contributed by atoms with van der Waals surface area (Å²) in [5, 5.41) is 10.2. The monoisotopic (exact) mass is 464 g/mol. The highest BCUT2D eigenvalue weighted by molar-refractivity contribution is 7.49. The van der Waals surface area contributed by atoms with Crippen LogP contribution in [0.15, 0.2) is 46.1 Å². The third-order valence-electron chi connectivity index (χ3n) is 4.92. The Kier molecular flexibility index (Phi) is 5.56. The van der Waals surface area contributed by atoms with E-state index in [1.165, 1.54) is 6.07 Å². The Balaban J connectivity index is 1.58. The molecule has 14 heteroatoms. The predicted molar refractivity (Wildman–Crippen MR) is 96.5 cm³/mol. The highest BCUT2D eigenvalue weighted by Gasteiger charge is 2.62. The number of para-hydroxylation sites is 1. The van der Waals surface area contributed by atoms with Gasteiger partial charge < -0.3 is 14.4 Å². The van der Waals surface area contributed by atoms with Crippen molar-refractivity contribution < 1.29 is 41.2 Å². The number of H-pyrrole nitrogens is 1. The first-order valence-corrected chi connectivity index (χ1v) is 10.4. The number of aromatic nitrogens is 2. The number of benzene rings is 1. The topological polar surface area (TPSA) is 129 Å². The van der Waals surface area contributed by atoms with Gasteiger partial charge in [-0.2, -0.15) is 0 Å². The normalized spacial score (nSPS) is 32.6. The molecule has 4 rings (SSSR count). The molecule has 2 aliphatic rings. The maximum absolute atomic E-state index is 14.7. The van der Waals surface area contributed by atoms with Crippen molar-refractivity contribution in [1.29, 1.82) is 0 Å². The van der Waals surface area contributed by atoms with Gasteiger partial charge in [0.25, 0.3) is 12.0 Å². The fourth-order valence-electron chi connectivity index (χ4n) is 3.24. The Bertz CT molecular complexity index is 1140. The van der Waals surface area contributed by atoms with E-state index in [-0.39, 0.29) is 12.4 Å². The summed E-state index contributed by atoms with van der Waals surface area (Å²) in [6.07, 6.45) is -9.67. The molecule has 3 heterocycles. The Labute approximate surface area is 171 Å². The number of nitrogens with zero attached hydrogens (tertiary/aromatic N) is 1. The average molecular weight is 464 g/mol. The van der Waals surface area contributed by atoms with Gasteiger partial charge >= 0.3 is 13.5 Å². The molecule has 1 fully saturated rings. The van der Waals surface area contributed by atoms with Crippen LogP contribution in [0.2, 0.25) is 0 Å². The largest absolute Gasteiger partial charge is 0.530 e. The highest BCUT2D eigenvalue weighted by atomic mass is 31.2. The molecule has 168 valence electrons. The molecule has 2 N–H and O–H groups in total. The molecule has 1 aromatic carbocycles. The maximum Gasteiger partial charge on any atom is 0.530 e. The fourth-order valence-corrected chi connectivity index (χ4v) is 4.49. The number of fused-ring (bicyclic) bond motifs is 1. The number of halogens is 3. The number of aliphatic hydroxyl groups excluding tert-OH is 1. The first-order chi connectivity index (χ1) is 14.7. The number of nitrogens with one attached hydrogen (secondary N) is 1. The zero-order valence-corrected chi connectivity index (χ0v) is 16.4. The van der Waals surface area contributed by atoms with Gasteiger partial charge in [-0.05, 0) is 6.07 Å². The maximum atomic E-state index is 14.7. The van der Waals surface area contributed by atoms with Gasteiger partial charge in [-0.15, -0.1) is 0 Å². The Hall–Kier alpha value is -2.44. The van der Waals surface area contributed by atoms with Crippen LogP contribution in [0.1, 0.15) is 11.8 Å². The van der Waals surface area contributed by atoms with Crippen molar-refractivity contribution in [3.05, 3.63) is 62.9 Å². The van der Waals surface area contributed by atoms with Crippen LogP contribution in [0.5, 0.6) is 5.75 Å². The Morgan fingerprint density at radius 2 is 2.06 bits per heavy atom. The predicted octanol–water partition coefficient (Wildman–Crippen LogP) is 1.50. The van der Waals surface area contributed by atoms with Crippen LogP contribution in [0.4, 0.5) is 13.2 Å². The molecule has 0 bridgehead atoms. The minimum Gasteiger partial charge on any atom is -0.404 e. The number of ether oxygens (including phenoxy) is 1. The van der Waals surface area contributed by atoms with Gasteiger partial charge in [0, 0.05) is 17.8 Å². The number of phosphoric acid groups is 1. The number of alkyl halides is 3. The van der Waals surface area contributed by atoms with Crippen LogP contribution in [0.25, 0.3) is 0 Å². The van der Waals surface area contributed by atoms with E-state index in [4.69, 9.17) is 18.3 Å². The minimum absolute atomic E-state index is 0.150. The van der Waals surface area contributed by atoms with Crippen molar-refractivity contribution in [2.24, 2.45) is 0 Å². The lowest BCUT2D eigenvalue weighted by Gasteiger charge is -2.32. The van der Waals surface area contributed by atoms with Gasteiger partial charge in [0.05, 0.1) is 13.2 Å². The van der Waals surface area contributed by atoms with Crippen molar-refractivity contribution >= 4 is 7.82 Å². The third kappa shape index (κ3) is 3.83. The van der Waals surface area contributed by atoms with Crippen molar-refractivity contribution in [3.8, 4) is 5.75 Å². The third-order valence-corrected chi connectivity index (χ3v) is 6.23. The summed E-state index contributed by atoms with van der Waals surface area (Å²) in [4.78, 5) is 24.9. The lowest BCUT2D eigenvalue weighted by molar-refractivity contribution is -0.194. The molecule has 0 radical (unpaired) electrons. The minimum atomic E-state index is -4.40. The van der Waals surface area contributed by atoms with E-state index in [9.17, 15) is 32.4 Å². The van der Waals surface area contributed by atoms with E-state index in [1.807, 2.05) is 4.98 Å². The standard InChI is InChI=1S/C17H16F3N2O8P/c18-12-13(24)17(15(19)20,29-14(12)22-6-5-11(23)21-16(22)25)8-28-31(26)27-7-9-3-1-2-4-10(9)30-31/h1-6,12-15,24H,7-8H2,(H,21,23,25)/t12-,13+,14-,17-,31?/m1/s1. The molecule has 31 heavy (non-hydrogen) atoms. The molecular formula is C17H16F3N2O8P. The Morgan fingerprint density at radius 1 is 1.32 bits per heavy atom. The molecule has 0 saturated carbocycles. The van der Waals surface area contributed by atoms with E-state index in [2.05, 4.69) is 0 Å². The molecule has 1 unspecified atom stereocenters. The lowest BCUT2D eigenvalue weighted by atomic mass is 9.97. The number of aromatic amines is 1. The van der Waals surface area contributed by atoms with Gasteiger partial charge in [0.1, 0.15) is 11.9 Å². The number of rotatable bonds is 5. The first kappa shape index (κ1) is 21.8. The zero-order chi connectivity index (χ0) is 22.4. The molecule has 1 saturated heterocycles. The SMILES string of the molecule is O=c1ccn([C@@H]2O[C@@](COP3(=O)OCc4ccccc4O3)(C(F)F)[C@@H](O)[C@H]2F)c(=O)[nH]1. The number of hydrogen-bond acceptors (Lipinski definition) is 8. The summed E-state index contributed by atoms with van der Waals surface area (Å²) in [7, 11) is -4.40. The molecule has 0 spiro atoms. The number of hydrogen-bond donors (Lipinski definition) is 2. The van der Waals surface area contributed by atoms with E-state index >= 15 is 0 Å². The second-order valence-electron chi connectivity index (χ2n) is 6.86. The smallest absolute Gasteiger partial charge is 0.404 e. The zero-order valence-electron chi connectivity index (χ0n) is 15.5. The lowest BCUT2D eigenvalue weighted by Crippen LogP contribution is -2.52. The van der Waals surface area contributed by atoms with Gasteiger partial charge in [0.2, 0.25) is 0 Å². The van der Waals surface area contributed by atoms with Gasteiger partial charge in [-0.3, -0.25) is 23.4 Å². The van der Waals surface area contributed by atoms with Crippen LogP contribution in [-0.2, 0) is 25.0 Å². The van der Waals surface area contributed by atoms with Crippen LogP contribution < -0.4 is 15.8 Å². The molecular weight excluding hydrogens is 448 g/mol. The van der Waals surface area contributed by atoms with Crippen molar-refractivity contribution in [2.75, 3.05) is 6.61 Å². The van der Waals surface area contributed by atoms with Crippen LogP contribution in [-0.4, -0.2) is 45.6 Å². The van der Waals surface area contributed by atoms with Crippen LogP contribution in [0, 0.1) is 0 Å². The number of aliphatic hydroxyl groups is 1. The quantitative estimate of drug-likeness (QED) is 0.638. The molecule has 0 aliphatic carbocycles. The second-order valence-corrected chi connectivity index (χ2v) is 8.46. The van der Waals surface area contributed by atoms with Crippen molar-refractivity contribution in [3.63, 3.8) is 0 Å². The average Bonchev–Trinajstić information content (AvgIpc) is 2.98. The summed E-state index contributed by atoms with van der Waals surface area (Å²) < 4.78 is 76.0. The molecule has 2 aliphatic heterocycles. The summed E-state index contributed by atoms with van der Waals surface area (Å²) in [5.41, 5.74) is -4.40. The molecule has 5 atom stereocenters. The second kappa shape index (κ2) is 7.92. The summed E-state index contributed by atoms with van der Waals surface area (Å²) in [6.45, 7) is -1.47. The Morgan fingerprint density at radius 3 is 2.77 bits per heavy atom. The van der Waals surface area contributed by atoms with Gasteiger partial charge in [-0.25, -0.2) is 22.5 Å². The molecule has 2 aromatic rings. The van der Waals surface area contributed by atoms with E-state index in [1.54, 1.807) is 18.2 Å². The van der Waals surface area contributed by atoms with Gasteiger partial charge in [0.15, 0.2) is 18.0 Å². The highest BCUT2D eigenvalue weighted by Crippen LogP contribution is 2.56. The van der Waals surface area contributed by atoms with Crippen molar-refractivity contribution in [2.45, 2.75) is 37.1 Å². The summed E-state index contributed by atoms with van der Waals surface area (Å²) in [5.74, 6) is 0.150. The van der Waals surface area contributed by atoms with Gasteiger partial charge in [-0.1, -0.05) is 18.2 Å². The molecule has 1 aromatic heterocycles. The van der Waals surface area contributed by atoms with E-state index in [0.717, 1.165) is 12.3 Å². The molecule has 0 amide bonds. The first-order valence-electron chi connectivity index (χ1n) is 8.91. The van der Waals surface area contributed by atoms with Crippen molar-refractivity contribution in [1.82, 2.24) is 9.55 Å².